The first-order valence-corrected chi connectivity index (χ1v) is 11.1. The quantitative estimate of drug-likeness (QED) is 0.425. The molecular formula is C28H30N2O4. The third kappa shape index (κ3) is 6.25. The third-order valence-corrected chi connectivity index (χ3v) is 5.50. The molecule has 2 amide bonds. The standard InChI is InChI=1S/C28H30N2O4/c1-5-34-25-16-14-21(18-26(25)33-4)15-17-27(31)30(3)20(2)23-12-9-13-24(19-23)29-28(32)22-10-7-6-8-11-22/h6-20H,5H2,1-4H3,(H,29,32)/b17-15+. The van der Waals surface area contributed by atoms with Crippen molar-refractivity contribution in [2.75, 3.05) is 26.1 Å². The number of hydrogen-bond acceptors (Lipinski definition) is 4. The van der Waals surface area contributed by atoms with Crippen LogP contribution in [0.1, 0.15) is 41.4 Å². The number of rotatable bonds is 9. The van der Waals surface area contributed by atoms with Gasteiger partial charge < -0.3 is 19.7 Å². The fourth-order valence-electron chi connectivity index (χ4n) is 3.43. The van der Waals surface area contributed by atoms with E-state index in [9.17, 15) is 9.59 Å². The largest absolute Gasteiger partial charge is 0.493 e. The average Bonchev–Trinajstić information content (AvgIpc) is 2.87. The van der Waals surface area contributed by atoms with E-state index in [-0.39, 0.29) is 17.9 Å². The van der Waals surface area contributed by atoms with Crippen molar-refractivity contribution >= 4 is 23.6 Å². The molecule has 0 aliphatic rings. The second kappa shape index (κ2) is 11.7. The Kier molecular flexibility index (Phi) is 8.46. The fourth-order valence-corrected chi connectivity index (χ4v) is 3.43. The van der Waals surface area contributed by atoms with Crippen molar-refractivity contribution in [3.63, 3.8) is 0 Å². The van der Waals surface area contributed by atoms with Gasteiger partial charge in [0.05, 0.1) is 19.8 Å². The van der Waals surface area contributed by atoms with Crippen LogP contribution in [0.25, 0.3) is 6.08 Å². The van der Waals surface area contributed by atoms with Crippen LogP contribution < -0.4 is 14.8 Å². The average molecular weight is 459 g/mol. The summed E-state index contributed by atoms with van der Waals surface area (Å²) >= 11 is 0. The number of nitrogens with zero attached hydrogens (tertiary/aromatic N) is 1. The van der Waals surface area contributed by atoms with Crippen molar-refractivity contribution in [3.05, 3.63) is 95.6 Å². The molecule has 0 heterocycles. The number of likely N-dealkylation sites (N-methyl/N-ethyl adjacent to an activating group) is 1. The van der Waals surface area contributed by atoms with Gasteiger partial charge in [0.15, 0.2) is 11.5 Å². The van der Waals surface area contributed by atoms with Crippen molar-refractivity contribution < 1.29 is 19.1 Å². The number of benzene rings is 3. The van der Waals surface area contributed by atoms with E-state index in [0.717, 1.165) is 11.1 Å². The van der Waals surface area contributed by atoms with E-state index in [1.165, 1.54) is 6.08 Å². The van der Waals surface area contributed by atoms with Gasteiger partial charge in [-0.15, -0.1) is 0 Å². The highest BCUT2D eigenvalue weighted by Crippen LogP contribution is 2.29. The lowest BCUT2D eigenvalue weighted by molar-refractivity contribution is -0.126. The molecule has 0 saturated heterocycles. The van der Waals surface area contributed by atoms with Crippen molar-refractivity contribution in [3.8, 4) is 11.5 Å². The Morgan fingerprint density at radius 2 is 1.76 bits per heavy atom. The molecule has 0 aromatic heterocycles. The maximum absolute atomic E-state index is 12.8. The monoisotopic (exact) mass is 458 g/mol. The SMILES string of the molecule is CCOc1ccc(/C=C/C(=O)N(C)C(C)c2cccc(NC(=O)c3ccccc3)c2)cc1OC. The van der Waals surface area contributed by atoms with Crippen LogP contribution in [-0.4, -0.2) is 37.5 Å². The minimum atomic E-state index is -0.194. The van der Waals surface area contributed by atoms with Crippen LogP contribution in [0.15, 0.2) is 78.9 Å². The molecule has 0 aliphatic heterocycles. The number of carbonyl (C=O) groups excluding carboxylic acids is 2. The summed E-state index contributed by atoms with van der Waals surface area (Å²) < 4.78 is 10.9. The normalized spacial score (nSPS) is 11.6. The summed E-state index contributed by atoms with van der Waals surface area (Å²) in [5.41, 5.74) is 3.01. The van der Waals surface area contributed by atoms with E-state index in [0.29, 0.717) is 29.4 Å². The molecule has 0 radical (unpaired) electrons. The molecule has 3 aromatic rings. The molecule has 3 rings (SSSR count). The van der Waals surface area contributed by atoms with E-state index in [4.69, 9.17) is 9.47 Å². The molecule has 34 heavy (non-hydrogen) atoms. The van der Waals surface area contributed by atoms with E-state index in [2.05, 4.69) is 5.32 Å². The van der Waals surface area contributed by atoms with Gasteiger partial charge in [-0.25, -0.2) is 0 Å². The number of anilines is 1. The van der Waals surface area contributed by atoms with E-state index < -0.39 is 0 Å². The molecule has 0 fully saturated rings. The van der Waals surface area contributed by atoms with Gasteiger partial charge >= 0.3 is 0 Å². The molecule has 1 atom stereocenters. The maximum atomic E-state index is 12.8. The smallest absolute Gasteiger partial charge is 0.255 e. The molecule has 0 spiro atoms. The first kappa shape index (κ1) is 24.6. The molecule has 0 bridgehead atoms. The Morgan fingerprint density at radius 1 is 1.00 bits per heavy atom. The highest BCUT2D eigenvalue weighted by atomic mass is 16.5. The summed E-state index contributed by atoms with van der Waals surface area (Å²) in [6.07, 6.45) is 3.28. The van der Waals surface area contributed by atoms with Crippen LogP contribution in [0.5, 0.6) is 11.5 Å². The minimum absolute atomic E-state index is 0.140. The van der Waals surface area contributed by atoms with Crippen molar-refractivity contribution in [1.82, 2.24) is 4.90 Å². The van der Waals surface area contributed by atoms with Crippen LogP contribution >= 0.6 is 0 Å². The molecule has 3 aromatic carbocycles. The van der Waals surface area contributed by atoms with Gasteiger partial charge in [-0.2, -0.15) is 0 Å². The summed E-state index contributed by atoms with van der Waals surface area (Å²) in [5, 5.41) is 2.91. The first-order chi connectivity index (χ1) is 16.4. The van der Waals surface area contributed by atoms with Crippen molar-refractivity contribution in [2.45, 2.75) is 19.9 Å². The van der Waals surface area contributed by atoms with Crippen LogP contribution in [0, 0.1) is 0 Å². The summed E-state index contributed by atoms with van der Waals surface area (Å²) in [5.74, 6) is 0.966. The van der Waals surface area contributed by atoms with E-state index in [1.54, 1.807) is 37.3 Å². The lowest BCUT2D eigenvalue weighted by Gasteiger charge is -2.24. The molecule has 176 valence electrons. The van der Waals surface area contributed by atoms with Crippen LogP contribution in [0.2, 0.25) is 0 Å². The molecule has 0 saturated carbocycles. The number of nitrogens with one attached hydrogen (secondary N) is 1. The molecular weight excluding hydrogens is 428 g/mol. The Hall–Kier alpha value is -4.06. The van der Waals surface area contributed by atoms with Gasteiger partial charge in [0.1, 0.15) is 0 Å². The lowest BCUT2D eigenvalue weighted by Crippen LogP contribution is -2.28. The van der Waals surface area contributed by atoms with Crippen molar-refractivity contribution in [2.24, 2.45) is 0 Å². The Morgan fingerprint density at radius 3 is 2.47 bits per heavy atom. The zero-order chi connectivity index (χ0) is 24.5. The van der Waals surface area contributed by atoms with E-state index in [1.807, 2.05) is 74.5 Å². The van der Waals surface area contributed by atoms with Gasteiger partial charge in [-0.05, 0) is 67.4 Å². The van der Waals surface area contributed by atoms with Gasteiger partial charge in [-0.1, -0.05) is 36.4 Å². The molecule has 0 aliphatic carbocycles. The zero-order valence-electron chi connectivity index (χ0n) is 19.9. The second-order valence-corrected chi connectivity index (χ2v) is 7.75. The Bertz CT molecular complexity index is 1160. The van der Waals surface area contributed by atoms with Crippen molar-refractivity contribution in [1.29, 1.82) is 0 Å². The zero-order valence-corrected chi connectivity index (χ0v) is 19.9. The topological polar surface area (TPSA) is 67.9 Å². The number of carbonyl (C=O) groups is 2. The Labute approximate surface area is 200 Å². The second-order valence-electron chi connectivity index (χ2n) is 7.75. The number of ether oxygens (including phenoxy) is 2. The number of amides is 2. The maximum Gasteiger partial charge on any atom is 0.255 e. The molecule has 1 N–H and O–H groups in total. The summed E-state index contributed by atoms with van der Waals surface area (Å²) in [4.78, 5) is 26.9. The summed E-state index contributed by atoms with van der Waals surface area (Å²) in [7, 11) is 3.34. The van der Waals surface area contributed by atoms with E-state index >= 15 is 0 Å². The first-order valence-electron chi connectivity index (χ1n) is 11.1. The predicted molar refractivity (Wildman–Crippen MR) is 135 cm³/mol. The molecule has 1 unspecified atom stereocenters. The number of hydrogen-bond donors (Lipinski definition) is 1. The molecule has 6 nitrogen and oxygen atoms in total. The van der Waals surface area contributed by atoms with Crippen LogP contribution in [0.3, 0.4) is 0 Å². The Balaban J connectivity index is 1.67. The molecule has 6 heteroatoms. The van der Waals surface area contributed by atoms with Gasteiger partial charge in [-0.3, -0.25) is 9.59 Å². The number of methoxy groups -OCH3 is 1. The summed E-state index contributed by atoms with van der Waals surface area (Å²) in [6, 6.07) is 21.9. The van der Waals surface area contributed by atoms with Crippen LogP contribution in [-0.2, 0) is 4.79 Å². The van der Waals surface area contributed by atoms with Gasteiger partial charge in [0.25, 0.3) is 5.91 Å². The summed E-state index contributed by atoms with van der Waals surface area (Å²) in [6.45, 7) is 4.41. The van der Waals surface area contributed by atoms with Gasteiger partial charge in [0.2, 0.25) is 5.91 Å². The predicted octanol–water partition coefficient (Wildman–Crippen LogP) is 5.58. The van der Waals surface area contributed by atoms with Gasteiger partial charge in [0, 0.05) is 24.4 Å². The third-order valence-electron chi connectivity index (χ3n) is 5.50. The minimum Gasteiger partial charge on any atom is -0.493 e. The lowest BCUT2D eigenvalue weighted by atomic mass is 10.1. The van der Waals surface area contributed by atoms with Crippen LogP contribution in [0.4, 0.5) is 5.69 Å². The highest BCUT2D eigenvalue weighted by Gasteiger charge is 2.16. The fraction of sp³-hybridized carbons (Fsp3) is 0.214. The highest BCUT2D eigenvalue weighted by molar-refractivity contribution is 6.04.